The zero-order valence-electron chi connectivity index (χ0n) is 15.2. The molecular weight excluding hydrogens is 332 g/mol. The lowest BCUT2D eigenvalue weighted by Gasteiger charge is -2.23. The van der Waals surface area contributed by atoms with Crippen molar-refractivity contribution < 1.29 is 4.42 Å². The highest BCUT2D eigenvalue weighted by atomic mass is 16.4. The number of oxazole rings is 1. The van der Waals surface area contributed by atoms with E-state index in [0.717, 1.165) is 16.6 Å². The minimum absolute atomic E-state index is 0.133. The van der Waals surface area contributed by atoms with Crippen LogP contribution in [0.25, 0.3) is 39.1 Å². The molecule has 1 aliphatic carbocycles. The molecule has 0 atom stereocenters. The molecule has 3 aromatic carbocycles. The number of hydrogen-bond donors (Lipinski definition) is 0. The third-order valence-electron chi connectivity index (χ3n) is 5.81. The summed E-state index contributed by atoms with van der Waals surface area (Å²) >= 11 is 0. The van der Waals surface area contributed by atoms with Crippen LogP contribution >= 0.6 is 0 Å². The molecule has 0 spiro atoms. The monoisotopic (exact) mass is 350 g/mol. The molecule has 0 unspecified atom stereocenters. The number of nitrogens with zero attached hydrogens (tertiary/aromatic N) is 2. The van der Waals surface area contributed by atoms with Gasteiger partial charge in [-0.25, -0.2) is 0 Å². The van der Waals surface area contributed by atoms with Gasteiger partial charge >= 0.3 is 6.01 Å². The summed E-state index contributed by atoms with van der Waals surface area (Å²) in [5, 5.41) is 1.24. The van der Waals surface area contributed by atoms with Crippen LogP contribution in [0, 0.1) is 0 Å². The van der Waals surface area contributed by atoms with Gasteiger partial charge in [0.05, 0.1) is 5.52 Å². The maximum atomic E-state index is 6.19. The maximum absolute atomic E-state index is 6.19. The molecule has 0 bridgehead atoms. The summed E-state index contributed by atoms with van der Waals surface area (Å²) in [6.07, 6.45) is 0. The summed E-state index contributed by atoms with van der Waals surface area (Å²) in [7, 11) is 0. The first kappa shape index (κ1) is 14.8. The third-order valence-corrected chi connectivity index (χ3v) is 5.81. The number of benzene rings is 3. The average Bonchev–Trinajstić information content (AvgIpc) is 3.32. The van der Waals surface area contributed by atoms with E-state index in [4.69, 9.17) is 9.40 Å². The molecule has 3 nitrogen and oxygen atoms in total. The topological polar surface area (TPSA) is 31.0 Å². The smallest absolute Gasteiger partial charge is 0.307 e. The van der Waals surface area contributed by atoms with Gasteiger partial charge in [-0.3, -0.25) is 4.57 Å². The number of para-hydroxylation sites is 3. The minimum Gasteiger partial charge on any atom is -0.423 e. The molecule has 5 aromatic rings. The molecule has 1 aliphatic rings. The van der Waals surface area contributed by atoms with E-state index in [1.165, 1.54) is 27.8 Å². The molecule has 0 saturated carbocycles. The summed E-state index contributed by atoms with van der Waals surface area (Å²) in [4.78, 5) is 4.81. The molecule has 2 heterocycles. The summed E-state index contributed by atoms with van der Waals surface area (Å²) in [6.45, 7) is 4.57. The van der Waals surface area contributed by atoms with Gasteiger partial charge in [-0.05, 0) is 29.3 Å². The van der Waals surface area contributed by atoms with Crippen molar-refractivity contribution in [2.45, 2.75) is 19.3 Å². The SMILES string of the molecule is CC1(C)c2ccccc2-c2c1n(-c1nc3ccccc3o1)c1ccccc21. The lowest BCUT2D eigenvalue weighted by Crippen LogP contribution is -2.19. The van der Waals surface area contributed by atoms with Crippen molar-refractivity contribution in [2.24, 2.45) is 0 Å². The predicted octanol–water partition coefficient (Wildman–Crippen LogP) is 6.08. The van der Waals surface area contributed by atoms with E-state index in [-0.39, 0.29) is 5.41 Å². The first-order valence-corrected chi connectivity index (χ1v) is 9.26. The number of fused-ring (bicyclic) bond motifs is 6. The van der Waals surface area contributed by atoms with Crippen molar-refractivity contribution in [1.29, 1.82) is 0 Å². The van der Waals surface area contributed by atoms with Gasteiger partial charge in [-0.2, -0.15) is 4.98 Å². The lowest BCUT2D eigenvalue weighted by molar-refractivity contribution is 0.539. The van der Waals surface area contributed by atoms with E-state index < -0.39 is 0 Å². The Balaban J connectivity index is 1.79. The van der Waals surface area contributed by atoms with Crippen LogP contribution in [0.2, 0.25) is 0 Å². The molecule has 6 rings (SSSR count). The summed E-state index contributed by atoms with van der Waals surface area (Å²) in [6, 6.07) is 25.8. The van der Waals surface area contributed by atoms with Crippen LogP contribution in [-0.4, -0.2) is 9.55 Å². The fourth-order valence-electron chi connectivity index (χ4n) is 4.63. The average molecular weight is 350 g/mol. The zero-order valence-corrected chi connectivity index (χ0v) is 15.2. The van der Waals surface area contributed by atoms with E-state index in [1.54, 1.807) is 0 Å². The van der Waals surface area contributed by atoms with Crippen molar-refractivity contribution >= 4 is 22.0 Å². The maximum Gasteiger partial charge on any atom is 0.307 e. The number of hydrogen-bond acceptors (Lipinski definition) is 2. The number of rotatable bonds is 1. The standard InChI is InChI=1S/C24H18N2O/c1-24(2)17-11-5-3-9-15(17)21-16-10-4-7-13-19(16)26(22(21)24)23-25-18-12-6-8-14-20(18)27-23/h3-14H,1-2H3. The molecule has 2 aromatic heterocycles. The van der Waals surface area contributed by atoms with E-state index in [0.29, 0.717) is 6.01 Å². The molecule has 0 saturated heterocycles. The predicted molar refractivity (Wildman–Crippen MR) is 108 cm³/mol. The summed E-state index contributed by atoms with van der Waals surface area (Å²) in [5.41, 5.74) is 7.90. The van der Waals surface area contributed by atoms with Crippen LogP contribution in [0.1, 0.15) is 25.1 Å². The number of aromatic nitrogens is 2. The first-order chi connectivity index (χ1) is 13.2. The van der Waals surface area contributed by atoms with Crippen LogP contribution < -0.4 is 0 Å². The Morgan fingerprint density at radius 1 is 0.852 bits per heavy atom. The second kappa shape index (κ2) is 4.89. The molecule has 0 aliphatic heterocycles. The van der Waals surface area contributed by atoms with Crippen LogP contribution in [0.5, 0.6) is 0 Å². The largest absolute Gasteiger partial charge is 0.423 e. The van der Waals surface area contributed by atoms with Crippen molar-refractivity contribution in [3.63, 3.8) is 0 Å². The zero-order chi connectivity index (χ0) is 18.2. The van der Waals surface area contributed by atoms with Crippen molar-refractivity contribution in [3.05, 3.63) is 84.1 Å². The molecular formula is C24H18N2O. The Hall–Kier alpha value is -3.33. The minimum atomic E-state index is -0.133. The second-order valence-electron chi connectivity index (χ2n) is 7.71. The lowest BCUT2D eigenvalue weighted by atomic mass is 9.85. The van der Waals surface area contributed by atoms with Gasteiger partial charge in [0.1, 0.15) is 5.52 Å². The van der Waals surface area contributed by atoms with Gasteiger partial charge in [-0.15, -0.1) is 0 Å². The van der Waals surface area contributed by atoms with Gasteiger partial charge in [0.15, 0.2) is 5.58 Å². The quantitative estimate of drug-likeness (QED) is 0.367. The van der Waals surface area contributed by atoms with Crippen molar-refractivity contribution in [3.8, 4) is 17.1 Å². The molecule has 27 heavy (non-hydrogen) atoms. The van der Waals surface area contributed by atoms with Gasteiger partial charge in [0.2, 0.25) is 0 Å². The van der Waals surface area contributed by atoms with Gasteiger partial charge in [-0.1, -0.05) is 68.4 Å². The molecule has 0 fully saturated rings. The Morgan fingerprint density at radius 3 is 2.48 bits per heavy atom. The highest BCUT2D eigenvalue weighted by Gasteiger charge is 2.41. The Bertz CT molecular complexity index is 1320. The second-order valence-corrected chi connectivity index (χ2v) is 7.71. The Kier molecular flexibility index (Phi) is 2.68. The molecule has 130 valence electrons. The highest BCUT2D eigenvalue weighted by Crippen LogP contribution is 2.53. The molecule has 0 radical (unpaired) electrons. The van der Waals surface area contributed by atoms with Crippen LogP contribution in [0.15, 0.2) is 77.2 Å². The Morgan fingerprint density at radius 2 is 1.59 bits per heavy atom. The third kappa shape index (κ3) is 1.78. The Labute approximate surface area is 156 Å². The van der Waals surface area contributed by atoms with Crippen molar-refractivity contribution in [2.75, 3.05) is 0 Å². The molecule has 0 amide bonds. The first-order valence-electron chi connectivity index (χ1n) is 9.26. The van der Waals surface area contributed by atoms with E-state index in [1.807, 2.05) is 24.3 Å². The fraction of sp³-hybridized carbons (Fsp3) is 0.125. The van der Waals surface area contributed by atoms with Crippen LogP contribution in [-0.2, 0) is 5.41 Å². The van der Waals surface area contributed by atoms with Gasteiger partial charge in [0, 0.05) is 22.1 Å². The summed E-state index contributed by atoms with van der Waals surface area (Å²) < 4.78 is 8.40. The van der Waals surface area contributed by atoms with E-state index in [9.17, 15) is 0 Å². The van der Waals surface area contributed by atoms with Crippen LogP contribution in [0.3, 0.4) is 0 Å². The van der Waals surface area contributed by atoms with E-state index >= 15 is 0 Å². The van der Waals surface area contributed by atoms with Crippen LogP contribution in [0.4, 0.5) is 0 Å². The molecule has 3 heteroatoms. The van der Waals surface area contributed by atoms with Gasteiger partial charge in [0.25, 0.3) is 0 Å². The molecule has 0 N–H and O–H groups in total. The van der Waals surface area contributed by atoms with E-state index in [2.05, 4.69) is 66.9 Å². The highest BCUT2D eigenvalue weighted by molar-refractivity contribution is 6.03. The fourth-order valence-corrected chi connectivity index (χ4v) is 4.63. The normalized spacial score (nSPS) is 14.6. The van der Waals surface area contributed by atoms with Crippen molar-refractivity contribution in [1.82, 2.24) is 9.55 Å². The van der Waals surface area contributed by atoms with Gasteiger partial charge < -0.3 is 4.42 Å². The summed E-state index contributed by atoms with van der Waals surface area (Å²) in [5.74, 6) is 0.